The fourth-order valence-electron chi connectivity index (χ4n) is 5.83. The lowest BCUT2D eigenvalue weighted by molar-refractivity contribution is -0.145. The zero-order chi connectivity index (χ0) is 31.6. The molecule has 3 aliphatic rings. The van der Waals surface area contributed by atoms with Gasteiger partial charge in [-0.15, -0.1) is 10.2 Å². The van der Waals surface area contributed by atoms with Crippen LogP contribution >= 0.6 is 15.9 Å². The van der Waals surface area contributed by atoms with Crippen LogP contribution in [0.3, 0.4) is 0 Å². The lowest BCUT2D eigenvalue weighted by Crippen LogP contribution is -2.56. The van der Waals surface area contributed by atoms with E-state index in [4.69, 9.17) is 4.74 Å². The van der Waals surface area contributed by atoms with Crippen molar-refractivity contribution in [1.82, 2.24) is 35.7 Å². The number of aromatic nitrogens is 4. The summed E-state index contributed by atoms with van der Waals surface area (Å²) in [5.74, 6) is -2.09. The molecule has 13 nitrogen and oxygen atoms in total. The molecule has 2 aromatic rings. The molecule has 0 unspecified atom stereocenters. The molecule has 44 heavy (non-hydrogen) atoms. The van der Waals surface area contributed by atoms with Crippen molar-refractivity contribution in [3.8, 4) is 11.4 Å². The second-order valence-corrected chi connectivity index (χ2v) is 13.5. The topological polar surface area (TPSA) is 169 Å². The van der Waals surface area contributed by atoms with E-state index in [0.717, 1.165) is 29.3 Å². The molecule has 1 aliphatic carbocycles. The fraction of sp³-hybridized carbons (Fsp3) is 0.567. The number of fused-ring (bicyclic) bond motifs is 2. The van der Waals surface area contributed by atoms with Gasteiger partial charge in [-0.3, -0.25) is 9.59 Å². The number of carboxylic acid groups (broad SMARTS) is 1. The quantitative estimate of drug-likeness (QED) is 0.411. The van der Waals surface area contributed by atoms with E-state index in [1.807, 2.05) is 36.4 Å². The maximum absolute atomic E-state index is 14.1. The van der Waals surface area contributed by atoms with E-state index in [1.54, 1.807) is 20.8 Å². The van der Waals surface area contributed by atoms with Crippen LogP contribution < -0.4 is 10.6 Å². The van der Waals surface area contributed by atoms with Gasteiger partial charge in [0.25, 0.3) is 0 Å². The van der Waals surface area contributed by atoms with E-state index < -0.39 is 53.1 Å². The normalized spacial score (nSPS) is 28.5. The smallest absolute Gasteiger partial charge is 0.408 e. The Bertz CT molecular complexity index is 1460. The number of nitrogens with one attached hydrogen (secondary N) is 2. The number of hydrogen-bond acceptors (Lipinski definition) is 8. The first kappa shape index (κ1) is 31.6. The van der Waals surface area contributed by atoms with Gasteiger partial charge in [0.05, 0.1) is 6.04 Å². The Morgan fingerprint density at radius 3 is 2.68 bits per heavy atom. The number of carbonyl (C=O) groups excluding carboxylic acids is 3. The minimum absolute atomic E-state index is 0.0680. The number of carboxylic acids is 1. The SMILES string of the molecule is CC(C)(C)OC(=O)N[C@H]1CCCCC/C=C\[C@H]2C[C@@]2(C(=O)O)NC(=O)[C@@H]2C[C@@H](n3nnc(-c4ccccc4Br)n3)CN2C1=O. The van der Waals surface area contributed by atoms with Gasteiger partial charge in [0.1, 0.15) is 23.2 Å². The summed E-state index contributed by atoms with van der Waals surface area (Å²) in [7, 11) is 0. The summed E-state index contributed by atoms with van der Waals surface area (Å²) in [6, 6.07) is 4.96. The van der Waals surface area contributed by atoms with E-state index in [0.29, 0.717) is 18.7 Å². The molecule has 236 valence electrons. The van der Waals surface area contributed by atoms with Crippen LogP contribution in [0.4, 0.5) is 4.79 Å². The van der Waals surface area contributed by atoms with Crippen LogP contribution in [-0.4, -0.2) is 83.9 Å². The van der Waals surface area contributed by atoms with Crippen LogP contribution in [-0.2, 0) is 19.1 Å². The standard InChI is InChI=1S/C30H38BrN7O6/c1-29(2,3)44-28(43)32-22-14-8-6-4-5-7-11-18-16-30(18,27(41)42)33-25(39)23-15-19(17-37(23)26(22)40)38-35-24(34-36-38)20-12-9-10-13-21(20)31/h7,9-13,18-19,22-23H,4-6,8,14-17H2,1-3H3,(H,32,43)(H,33,39)(H,41,42)/b11-7-/t18-,19+,22-,23-,30+/m0/s1. The van der Waals surface area contributed by atoms with Gasteiger partial charge in [0.15, 0.2) is 0 Å². The number of carbonyl (C=O) groups is 4. The second-order valence-electron chi connectivity index (χ2n) is 12.7. The van der Waals surface area contributed by atoms with Crippen LogP contribution in [0, 0.1) is 5.92 Å². The first-order valence-corrected chi connectivity index (χ1v) is 15.7. The minimum Gasteiger partial charge on any atom is -0.479 e. The van der Waals surface area contributed by atoms with Crippen molar-refractivity contribution in [2.45, 2.75) is 95.0 Å². The third-order valence-corrected chi connectivity index (χ3v) is 8.89. The number of benzene rings is 1. The molecule has 3 heterocycles. The molecule has 0 bridgehead atoms. The summed E-state index contributed by atoms with van der Waals surface area (Å²) >= 11 is 3.50. The predicted octanol–water partition coefficient (Wildman–Crippen LogP) is 3.62. The summed E-state index contributed by atoms with van der Waals surface area (Å²) in [6.07, 6.45) is 6.93. The number of allylic oxidation sites excluding steroid dienone is 1. The molecule has 1 saturated heterocycles. The summed E-state index contributed by atoms with van der Waals surface area (Å²) in [4.78, 5) is 55.9. The highest BCUT2D eigenvalue weighted by molar-refractivity contribution is 9.10. The number of nitrogens with zero attached hydrogens (tertiary/aromatic N) is 5. The lowest BCUT2D eigenvalue weighted by Gasteiger charge is -2.30. The number of tetrazole rings is 1. The largest absolute Gasteiger partial charge is 0.479 e. The summed E-state index contributed by atoms with van der Waals surface area (Å²) < 4.78 is 6.23. The van der Waals surface area contributed by atoms with Crippen LogP contribution in [0.15, 0.2) is 40.9 Å². The zero-order valence-corrected chi connectivity index (χ0v) is 26.6. The highest BCUT2D eigenvalue weighted by Gasteiger charge is 2.61. The second kappa shape index (κ2) is 12.7. The molecule has 5 atom stereocenters. The van der Waals surface area contributed by atoms with Crippen molar-refractivity contribution in [2.24, 2.45) is 5.92 Å². The van der Waals surface area contributed by atoms with Gasteiger partial charge in [-0.1, -0.05) is 53.1 Å². The number of aliphatic carboxylic acids is 1. The molecule has 2 fully saturated rings. The average molecular weight is 673 g/mol. The first-order chi connectivity index (χ1) is 20.9. The Hall–Kier alpha value is -3.81. The van der Waals surface area contributed by atoms with Gasteiger partial charge in [-0.05, 0) is 63.8 Å². The molecule has 1 aromatic carbocycles. The highest BCUT2D eigenvalue weighted by Crippen LogP contribution is 2.45. The molecule has 0 spiro atoms. The summed E-state index contributed by atoms with van der Waals surface area (Å²) in [5, 5.41) is 28.5. The van der Waals surface area contributed by atoms with Crippen molar-refractivity contribution in [2.75, 3.05) is 6.54 Å². The van der Waals surface area contributed by atoms with Crippen molar-refractivity contribution in [3.05, 3.63) is 40.9 Å². The fourth-order valence-corrected chi connectivity index (χ4v) is 6.29. The van der Waals surface area contributed by atoms with E-state index in [9.17, 15) is 24.3 Å². The van der Waals surface area contributed by atoms with Gasteiger partial charge in [-0.2, -0.15) is 4.80 Å². The average Bonchev–Trinajstić information content (AvgIpc) is 3.26. The van der Waals surface area contributed by atoms with E-state index >= 15 is 0 Å². The molecule has 5 rings (SSSR count). The Morgan fingerprint density at radius 2 is 1.95 bits per heavy atom. The Kier molecular flexibility index (Phi) is 9.10. The molecule has 1 saturated carbocycles. The van der Waals surface area contributed by atoms with E-state index in [1.165, 1.54) is 9.70 Å². The van der Waals surface area contributed by atoms with Gasteiger partial charge in [-0.25, -0.2) is 9.59 Å². The summed E-state index contributed by atoms with van der Waals surface area (Å²) in [5.41, 5.74) is -1.46. The predicted molar refractivity (Wildman–Crippen MR) is 162 cm³/mol. The van der Waals surface area contributed by atoms with Gasteiger partial charge in [0.2, 0.25) is 17.6 Å². The van der Waals surface area contributed by atoms with Gasteiger partial charge < -0.3 is 25.4 Å². The molecule has 2 aliphatic heterocycles. The third-order valence-electron chi connectivity index (χ3n) is 8.20. The van der Waals surface area contributed by atoms with E-state index in [2.05, 4.69) is 42.0 Å². The minimum atomic E-state index is -1.42. The lowest BCUT2D eigenvalue weighted by atomic mass is 10.0. The Labute approximate surface area is 263 Å². The van der Waals surface area contributed by atoms with Crippen LogP contribution in [0.1, 0.15) is 71.8 Å². The number of ether oxygens (including phenoxy) is 1. The zero-order valence-electron chi connectivity index (χ0n) is 25.0. The van der Waals surface area contributed by atoms with Crippen molar-refractivity contribution in [1.29, 1.82) is 0 Å². The van der Waals surface area contributed by atoms with Gasteiger partial charge >= 0.3 is 12.1 Å². The molecular weight excluding hydrogens is 634 g/mol. The molecule has 1 aromatic heterocycles. The van der Waals surface area contributed by atoms with Crippen molar-refractivity contribution < 1.29 is 29.0 Å². The number of halogens is 1. The Balaban J connectivity index is 1.45. The van der Waals surface area contributed by atoms with Gasteiger partial charge in [0, 0.05) is 28.9 Å². The Morgan fingerprint density at radius 1 is 1.18 bits per heavy atom. The highest BCUT2D eigenvalue weighted by atomic mass is 79.9. The molecule has 3 N–H and O–H groups in total. The summed E-state index contributed by atoms with van der Waals surface area (Å²) in [6.45, 7) is 5.28. The number of amides is 3. The third kappa shape index (κ3) is 6.95. The van der Waals surface area contributed by atoms with Crippen LogP contribution in [0.25, 0.3) is 11.4 Å². The van der Waals surface area contributed by atoms with Crippen LogP contribution in [0.2, 0.25) is 0 Å². The van der Waals surface area contributed by atoms with Crippen LogP contribution in [0.5, 0.6) is 0 Å². The molecule has 14 heteroatoms. The first-order valence-electron chi connectivity index (χ1n) is 14.9. The number of hydrogen-bond donors (Lipinski definition) is 3. The number of rotatable bonds is 4. The number of alkyl carbamates (subject to hydrolysis) is 1. The van der Waals surface area contributed by atoms with Crippen molar-refractivity contribution >= 4 is 39.8 Å². The van der Waals surface area contributed by atoms with Crippen molar-refractivity contribution in [3.63, 3.8) is 0 Å². The molecule has 0 radical (unpaired) electrons. The maximum atomic E-state index is 14.1. The molecule has 3 amide bonds. The maximum Gasteiger partial charge on any atom is 0.408 e. The van der Waals surface area contributed by atoms with E-state index in [-0.39, 0.29) is 25.3 Å². The monoisotopic (exact) mass is 671 g/mol. The molecular formula is C30H38BrN7O6.